The van der Waals surface area contributed by atoms with Crippen LogP contribution in [0.3, 0.4) is 0 Å². The van der Waals surface area contributed by atoms with E-state index in [1.807, 2.05) is 54.6 Å². The van der Waals surface area contributed by atoms with Gasteiger partial charge in [0, 0.05) is 17.1 Å². The van der Waals surface area contributed by atoms with Gasteiger partial charge in [-0.2, -0.15) is 0 Å². The topological polar surface area (TPSA) is 54.3 Å². The van der Waals surface area contributed by atoms with E-state index < -0.39 is 0 Å². The first-order chi connectivity index (χ1) is 10.3. The Morgan fingerprint density at radius 3 is 2.14 bits per heavy atom. The second-order valence-corrected chi connectivity index (χ2v) is 4.53. The third-order valence-corrected chi connectivity index (χ3v) is 2.99. The highest BCUT2D eigenvalue weighted by molar-refractivity contribution is 6.04. The monoisotopic (exact) mass is 278 g/mol. The standard InChI is InChI=1S/C17H14N2O2/c20-17(13-10-11-21-12-13)19-16-8-6-15(7-9-16)18-14-4-2-1-3-5-14/h1-12,18H,(H,19,20). The van der Waals surface area contributed by atoms with E-state index in [0.29, 0.717) is 5.56 Å². The first-order valence-electron chi connectivity index (χ1n) is 6.57. The van der Waals surface area contributed by atoms with Gasteiger partial charge in [-0.05, 0) is 42.5 Å². The van der Waals surface area contributed by atoms with E-state index in [1.165, 1.54) is 12.5 Å². The van der Waals surface area contributed by atoms with E-state index in [2.05, 4.69) is 10.6 Å². The van der Waals surface area contributed by atoms with Crippen LogP contribution >= 0.6 is 0 Å². The van der Waals surface area contributed by atoms with Crippen LogP contribution in [0.25, 0.3) is 0 Å². The molecule has 21 heavy (non-hydrogen) atoms. The molecule has 0 unspecified atom stereocenters. The number of carbonyl (C=O) groups excluding carboxylic acids is 1. The summed E-state index contributed by atoms with van der Waals surface area (Å²) in [6, 6.07) is 19.1. The summed E-state index contributed by atoms with van der Waals surface area (Å²) in [5, 5.41) is 6.09. The summed E-state index contributed by atoms with van der Waals surface area (Å²) in [7, 11) is 0. The lowest BCUT2D eigenvalue weighted by Gasteiger charge is -2.08. The molecule has 0 bridgehead atoms. The molecule has 3 rings (SSSR count). The minimum absolute atomic E-state index is 0.187. The van der Waals surface area contributed by atoms with Gasteiger partial charge in [-0.3, -0.25) is 4.79 Å². The molecular formula is C17H14N2O2. The van der Waals surface area contributed by atoms with Crippen LogP contribution in [-0.2, 0) is 0 Å². The van der Waals surface area contributed by atoms with Gasteiger partial charge in [0.2, 0.25) is 0 Å². The fraction of sp³-hybridized carbons (Fsp3) is 0. The van der Waals surface area contributed by atoms with Gasteiger partial charge >= 0.3 is 0 Å². The molecule has 2 aromatic carbocycles. The van der Waals surface area contributed by atoms with Gasteiger partial charge in [0.25, 0.3) is 5.91 Å². The van der Waals surface area contributed by atoms with Crippen molar-refractivity contribution >= 4 is 23.0 Å². The first-order valence-corrected chi connectivity index (χ1v) is 6.57. The van der Waals surface area contributed by atoms with Gasteiger partial charge in [-0.25, -0.2) is 0 Å². The maximum Gasteiger partial charge on any atom is 0.258 e. The zero-order valence-electron chi connectivity index (χ0n) is 11.2. The summed E-state index contributed by atoms with van der Waals surface area (Å²) in [4.78, 5) is 11.9. The van der Waals surface area contributed by atoms with Gasteiger partial charge < -0.3 is 15.1 Å². The average molecular weight is 278 g/mol. The molecule has 1 heterocycles. The fourth-order valence-corrected chi connectivity index (χ4v) is 1.92. The number of hydrogen-bond acceptors (Lipinski definition) is 3. The summed E-state index contributed by atoms with van der Waals surface area (Å²) < 4.78 is 4.89. The lowest BCUT2D eigenvalue weighted by molar-refractivity contribution is 0.102. The maximum atomic E-state index is 11.9. The zero-order chi connectivity index (χ0) is 14.5. The molecule has 1 aromatic heterocycles. The fourth-order valence-electron chi connectivity index (χ4n) is 1.92. The Balaban J connectivity index is 1.65. The number of hydrogen-bond donors (Lipinski definition) is 2. The Morgan fingerprint density at radius 1 is 0.810 bits per heavy atom. The summed E-state index contributed by atoms with van der Waals surface area (Å²) >= 11 is 0. The highest BCUT2D eigenvalue weighted by atomic mass is 16.3. The number of furan rings is 1. The number of benzene rings is 2. The number of nitrogens with one attached hydrogen (secondary N) is 2. The summed E-state index contributed by atoms with van der Waals surface area (Å²) in [6.45, 7) is 0. The van der Waals surface area contributed by atoms with Gasteiger partial charge in [0.05, 0.1) is 11.8 Å². The number of rotatable bonds is 4. The van der Waals surface area contributed by atoms with E-state index in [4.69, 9.17) is 4.42 Å². The molecule has 0 atom stereocenters. The van der Waals surface area contributed by atoms with Gasteiger partial charge in [-0.1, -0.05) is 18.2 Å². The molecule has 0 spiro atoms. The Kier molecular flexibility index (Phi) is 3.69. The predicted octanol–water partition coefficient (Wildman–Crippen LogP) is 4.28. The van der Waals surface area contributed by atoms with Crippen molar-refractivity contribution in [2.45, 2.75) is 0 Å². The number of anilines is 3. The van der Waals surface area contributed by atoms with Crippen LogP contribution in [0.1, 0.15) is 10.4 Å². The Labute approximate surface area is 122 Å². The van der Waals surface area contributed by atoms with Crippen LogP contribution in [0.2, 0.25) is 0 Å². The number of carbonyl (C=O) groups is 1. The third kappa shape index (κ3) is 3.30. The highest BCUT2D eigenvalue weighted by Gasteiger charge is 2.06. The van der Waals surface area contributed by atoms with Crippen LogP contribution in [0, 0.1) is 0 Å². The molecule has 0 saturated carbocycles. The van der Waals surface area contributed by atoms with Crippen molar-refractivity contribution in [1.82, 2.24) is 0 Å². The number of amides is 1. The zero-order valence-corrected chi connectivity index (χ0v) is 11.2. The third-order valence-electron chi connectivity index (χ3n) is 2.99. The van der Waals surface area contributed by atoms with Crippen LogP contribution < -0.4 is 10.6 Å². The molecule has 0 fully saturated rings. The van der Waals surface area contributed by atoms with Crippen molar-refractivity contribution in [2.75, 3.05) is 10.6 Å². The van der Waals surface area contributed by atoms with Crippen molar-refractivity contribution in [1.29, 1.82) is 0 Å². The van der Waals surface area contributed by atoms with Gasteiger partial charge in [0.15, 0.2) is 0 Å². The minimum atomic E-state index is -0.187. The normalized spacial score (nSPS) is 10.1. The summed E-state index contributed by atoms with van der Waals surface area (Å²) in [6.07, 6.45) is 2.89. The van der Waals surface area contributed by atoms with Crippen LogP contribution in [0.4, 0.5) is 17.1 Å². The largest absolute Gasteiger partial charge is 0.472 e. The Bertz CT molecular complexity index is 704. The molecule has 2 N–H and O–H groups in total. The molecule has 3 aromatic rings. The molecule has 0 radical (unpaired) electrons. The van der Waals surface area contributed by atoms with Crippen molar-refractivity contribution < 1.29 is 9.21 Å². The maximum absolute atomic E-state index is 11.9. The van der Waals surface area contributed by atoms with Crippen molar-refractivity contribution in [3.8, 4) is 0 Å². The minimum Gasteiger partial charge on any atom is -0.472 e. The first kappa shape index (κ1) is 13.0. The molecule has 0 aliphatic carbocycles. The van der Waals surface area contributed by atoms with E-state index in [-0.39, 0.29) is 5.91 Å². The Hall–Kier alpha value is -3.01. The molecule has 0 aliphatic heterocycles. The van der Waals surface area contributed by atoms with Crippen molar-refractivity contribution in [2.24, 2.45) is 0 Å². The van der Waals surface area contributed by atoms with E-state index >= 15 is 0 Å². The predicted molar refractivity (Wildman–Crippen MR) is 82.8 cm³/mol. The van der Waals surface area contributed by atoms with E-state index in [9.17, 15) is 4.79 Å². The lowest BCUT2D eigenvalue weighted by atomic mass is 10.2. The van der Waals surface area contributed by atoms with Crippen LogP contribution in [0.5, 0.6) is 0 Å². The second-order valence-electron chi connectivity index (χ2n) is 4.53. The molecular weight excluding hydrogens is 264 g/mol. The quantitative estimate of drug-likeness (QED) is 0.749. The van der Waals surface area contributed by atoms with Crippen molar-refractivity contribution in [3.63, 3.8) is 0 Å². The van der Waals surface area contributed by atoms with Gasteiger partial charge in [-0.15, -0.1) is 0 Å². The van der Waals surface area contributed by atoms with Crippen molar-refractivity contribution in [3.05, 3.63) is 78.8 Å². The molecule has 104 valence electrons. The average Bonchev–Trinajstić information content (AvgIpc) is 3.05. The molecule has 0 saturated heterocycles. The second kappa shape index (κ2) is 5.96. The van der Waals surface area contributed by atoms with Gasteiger partial charge in [0.1, 0.15) is 6.26 Å². The Morgan fingerprint density at radius 2 is 1.48 bits per heavy atom. The molecule has 0 aliphatic rings. The van der Waals surface area contributed by atoms with E-state index in [0.717, 1.165) is 17.1 Å². The molecule has 4 heteroatoms. The lowest BCUT2D eigenvalue weighted by Crippen LogP contribution is -2.10. The van der Waals surface area contributed by atoms with Crippen LogP contribution in [0.15, 0.2) is 77.6 Å². The summed E-state index contributed by atoms with van der Waals surface area (Å²) in [5.41, 5.74) is 3.22. The smallest absolute Gasteiger partial charge is 0.258 e. The van der Waals surface area contributed by atoms with E-state index in [1.54, 1.807) is 6.07 Å². The summed E-state index contributed by atoms with van der Waals surface area (Å²) in [5.74, 6) is -0.187. The highest BCUT2D eigenvalue weighted by Crippen LogP contribution is 2.19. The molecule has 1 amide bonds. The van der Waals surface area contributed by atoms with Crippen LogP contribution in [-0.4, -0.2) is 5.91 Å². The number of para-hydroxylation sites is 1. The molecule has 4 nitrogen and oxygen atoms in total. The SMILES string of the molecule is O=C(Nc1ccc(Nc2ccccc2)cc1)c1ccoc1.